The van der Waals surface area contributed by atoms with Gasteiger partial charge in [-0.05, 0) is 53.4 Å². The first-order valence-corrected chi connectivity index (χ1v) is 10.0. The lowest BCUT2D eigenvalue weighted by molar-refractivity contribution is -0.322. The van der Waals surface area contributed by atoms with E-state index in [-0.39, 0.29) is 0 Å². The average molecular weight is 419 g/mol. The summed E-state index contributed by atoms with van der Waals surface area (Å²) >= 11 is 0. The van der Waals surface area contributed by atoms with E-state index in [9.17, 15) is 30.6 Å². The van der Waals surface area contributed by atoms with E-state index < -0.39 is 54.6 Å². The van der Waals surface area contributed by atoms with Crippen molar-refractivity contribution < 1.29 is 40.1 Å². The van der Waals surface area contributed by atoms with Gasteiger partial charge in [0.1, 0.15) is 24.4 Å². The Bertz CT molecular complexity index is 537. The van der Waals surface area contributed by atoms with Crippen LogP contribution < -0.4 is 0 Å². The molecule has 0 spiro atoms. The van der Waals surface area contributed by atoms with E-state index in [4.69, 9.17) is 9.47 Å². The first kappa shape index (κ1) is 26.2. The first-order valence-electron chi connectivity index (χ1n) is 10.0. The number of aliphatic hydroxyl groups excluding tert-OH is 4. The molecule has 0 aromatic carbocycles. The van der Waals surface area contributed by atoms with Crippen molar-refractivity contribution >= 4 is 0 Å². The summed E-state index contributed by atoms with van der Waals surface area (Å²) in [7, 11) is 0. The van der Waals surface area contributed by atoms with Crippen LogP contribution in [0.2, 0.25) is 0 Å². The van der Waals surface area contributed by atoms with Crippen molar-refractivity contribution in [3.8, 4) is 0 Å². The number of ether oxygens (including phenoxy) is 2. The Kier molecular flexibility index (Phi) is 9.91. The van der Waals surface area contributed by atoms with Crippen LogP contribution in [-0.2, 0) is 9.47 Å². The fourth-order valence-corrected chi connectivity index (χ4v) is 3.10. The molecule has 8 heteroatoms. The highest BCUT2D eigenvalue weighted by Gasteiger charge is 2.46. The lowest BCUT2D eigenvalue weighted by Crippen LogP contribution is -2.60. The topological polar surface area (TPSA) is 140 Å². The summed E-state index contributed by atoms with van der Waals surface area (Å²) in [6, 6.07) is 0. The monoisotopic (exact) mass is 418 g/mol. The number of hydrogen-bond donors (Lipinski definition) is 6. The minimum absolute atomic E-state index is 0.415. The predicted octanol–water partition coefficient (Wildman–Crippen LogP) is 0.386. The molecule has 1 aliphatic rings. The third kappa shape index (κ3) is 8.07. The van der Waals surface area contributed by atoms with Gasteiger partial charge < -0.3 is 40.1 Å². The summed E-state index contributed by atoms with van der Waals surface area (Å²) in [5, 5.41) is 59.7. The summed E-state index contributed by atoms with van der Waals surface area (Å²) in [6.45, 7) is 9.84. The molecule has 7 atom stereocenters. The third-order valence-electron chi connectivity index (χ3n) is 5.32. The van der Waals surface area contributed by atoms with Gasteiger partial charge in [-0.2, -0.15) is 0 Å². The predicted molar refractivity (Wildman–Crippen MR) is 108 cm³/mol. The highest BCUT2D eigenvalue weighted by atomic mass is 16.7. The maximum absolute atomic E-state index is 10.5. The van der Waals surface area contributed by atoms with Crippen LogP contribution in [0.25, 0.3) is 0 Å². The largest absolute Gasteiger partial charge is 0.394 e. The van der Waals surface area contributed by atoms with Crippen LogP contribution in [0.1, 0.15) is 53.4 Å². The Morgan fingerprint density at radius 3 is 2.28 bits per heavy atom. The van der Waals surface area contributed by atoms with Crippen LogP contribution in [0.15, 0.2) is 24.3 Å². The van der Waals surface area contributed by atoms with Crippen molar-refractivity contribution in [2.75, 3.05) is 6.61 Å². The normalized spacial score (nSPS) is 31.9. The van der Waals surface area contributed by atoms with E-state index in [1.165, 1.54) is 6.08 Å². The molecule has 8 nitrogen and oxygen atoms in total. The molecular weight excluding hydrogens is 380 g/mol. The van der Waals surface area contributed by atoms with Gasteiger partial charge >= 0.3 is 0 Å². The number of hydrogen-bond acceptors (Lipinski definition) is 8. The van der Waals surface area contributed by atoms with Crippen LogP contribution in [0.5, 0.6) is 0 Å². The zero-order valence-electron chi connectivity index (χ0n) is 17.9. The zero-order valence-corrected chi connectivity index (χ0v) is 17.9. The molecule has 0 saturated carbocycles. The van der Waals surface area contributed by atoms with E-state index in [0.29, 0.717) is 25.7 Å². The van der Waals surface area contributed by atoms with Crippen molar-refractivity contribution in [3.05, 3.63) is 24.3 Å². The SMILES string of the molecule is C=C[C@@](C)(O)CC/C=C(\C)CC[C@H](O[C@@H]1O[C@H](CO)[C@@H](O)[C@H](O)[C@H]1O)C(C)(C)O. The quantitative estimate of drug-likeness (QED) is 0.265. The molecule has 0 unspecified atom stereocenters. The standard InChI is InChI=1S/C21H38O8/c1-6-21(5,27)11-7-8-13(2)9-10-15(20(3,4)26)29-19-18(25)17(24)16(23)14(12-22)28-19/h6,8,14-19,22-27H,1,7,9-12H2,2-5H3/b13-8+/t14-,15+,16-,17+,18-,19+,21-/m1/s1. The molecular formula is C21H38O8. The molecule has 1 rings (SSSR count). The Labute approximate surface area is 173 Å². The highest BCUT2D eigenvalue weighted by molar-refractivity contribution is 5.02. The van der Waals surface area contributed by atoms with Gasteiger partial charge in [-0.25, -0.2) is 0 Å². The fourth-order valence-electron chi connectivity index (χ4n) is 3.10. The Balaban J connectivity index is 2.72. The molecule has 0 amide bonds. The lowest BCUT2D eigenvalue weighted by Gasteiger charge is -2.42. The van der Waals surface area contributed by atoms with E-state index in [1.54, 1.807) is 20.8 Å². The second-order valence-corrected chi connectivity index (χ2v) is 8.66. The summed E-state index contributed by atoms with van der Waals surface area (Å²) in [5.74, 6) is 0. The van der Waals surface area contributed by atoms with Gasteiger partial charge in [0.05, 0.1) is 23.9 Å². The van der Waals surface area contributed by atoms with Crippen LogP contribution in [0.3, 0.4) is 0 Å². The summed E-state index contributed by atoms with van der Waals surface area (Å²) < 4.78 is 11.1. The third-order valence-corrected chi connectivity index (χ3v) is 5.32. The van der Waals surface area contributed by atoms with E-state index in [2.05, 4.69) is 6.58 Å². The molecule has 1 saturated heterocycles. The maximum Gasteiger partial charge on any atom is 0.187 e. The van der Waals surface area contributed by atoms with Crippen LogP contribution in [0.4, 0.5) is 0 Å². The van der Waals surface area contributed by atoms with Crippen molar-refractivity contribution in [1.29, 1.82) is 0 Å². The Morgan fingerprint density at radius 2 is 1.76 bits per heavy atom. The molecule has 0 aromatic heterocycles. The van der Waals surface area contributed by atoms with Gasteiger partial charge in [0.2, 0.25) is 0 Å². The molecule has 0 bridgehead atoms. The Morgan fingerprint density at radius 1 is 1.14 bits per heavy atom. The smallest absolute Gasteiger partial charge is 0.187 e. The van der Waals surface area contributed by atoms with Gasteiger partial charge in [0, 0.05) is 0 Å². The lowest BCUT2D eigenvalue weighted by atomic mass is 9.94. The average Bonchev–Trinajstić information content (AvgIpc) is 2.63. The highest BCUT2D eigenvalue weighted by Crippen LogP contribution is 2.28. The zero-order chi connectivity index (χ0) is 22.4. The Hall–Kier alpha value is -0.840. The van der Waals surface area contributed by atoms with Crippen molar-refractivity contribution in [3.63, 3.8) is 0 Å². The van der Waals surface area contributed by atoms with Gasteiger partial charge in [0.15, 0.2) is 6.29 Å². The molecule has 0 aromatic rings. The van der Waals surface area contributed by atoms with Crippen molar-refractivity contribution in [1.82, 2.24) is 0 Å². The van der Waals surface area contributed by atoms with Crippen LogP contribution in [0, 0.1) is 0 Å². The van der Waals surface area contributed by atoms with Crippen LogP contribution in [-0.4, -0.2) is 85.3 Å². The molecule has 1 fully saturated rings. The maximum atomic E-state index is 10.5. The summed E-state index contributed by atoms with van der Waals surface area (Å²) in [5.41, 5.74) is -1.12. The second-order valence-electron chi connectivity index (χ2n) is 8.66. The van der Waals surface area contributed by atoms with E-state index in [1.807, 2.05) is 13.0 Å². The van der Waals surface area contributed by atoms with Gasteiger partial charge in [0.25, 0.3) is 0 Å². The molecule has 1 heterocycles. The molecule has 1 aliphatic heterocycles. The molecule has 0 radical (unpaired) electrons. The van der Waals surface area contributed by atoms with Gasteiger partial charge in [-0.15, -0.1) is 6.58 Å². The van der Waals surface area contributed by atoms with Gasteiger partial charge in [-0.1, -0.05) is 17.7 Å². The van der Waals surface area contributed by atoms with E-state index >= 15 is 0 Å². The number of aliphatic hydroxyl groups is 6. The minimum atomic E-state index is -1.53. The van der Waals surface area contributed by atoms with E-state index in [0.717, 1.165) is 5.57 Å². The van der Waals surface area contributed by atoms with Crippen molar-refractivity contribution in [2.45, 2.75) is 101 Å². The molecule has 29 heavy (non-hydrogen) atoms. The van der Waals surface area contributed by atoms with Crippen LogP contribution >= 0.6 is 0 Å². The number of allylic oxidation sites excluding steroid dienone is 2. The number of rotatable bonds is 11. The molecule has 6 N–H and O–H groups in total. The fraction of sp³-hybridized carbons (Fsp3) is 0.810. The minimum Gasteiger partial charge on any atom is -0.394 e. The summed E-state index contributed by atoms with van der Waals surface area (Å²) in [6.07, 6.45) is -1.87. The second kappa shape index (κ2) is 11.0. The first-order chi connectivity index (χ1) is 13.3. The molecule has 170 valence electrons. The van der Waals surface area contributed by atoms with Gasteiger partial charge in [-0.3, -0.25) is 0 Å². The van der Waals surface area contributed by atoms with Crippen molar-refractivity contribution in [2.24, 2.45) is 0 Å². The molecule has 0 aliphatic carbocycles. The summed E-state index contributed by atoms with van der Waals surface area (Å²) in [4.78, 5) is 0.